The summed E-state index contributed by atoms with van der Waals surface area (Å²) in [5.41, 5.74) is 3.79. The van der Waals surface area contributed by atoms with E-state index in [1.165, 1.54) is 17.3 Å². The van der Waals surface area contributed by atoms with E-state index in [0.717, 1.165) is 11.1 Å². The maximum atomic E-state index is 12.2. The summed E-state index contributed by atoms with van der Waals surface area (Å²) in [6.07, 6.45) is 3.32. The first-order valence-electron chi connectivity index (χ1n) is 7.10. The highest BCUT2D eigenvalue weighted by molar-refractivity contribution is 7.99. The van der Waals surface area contributed by atoms with Gasteiger partial charge in [-0.3, -0.25) is 9.78 Å². The number of nitrogens with zero attached hydrogens (tertiary/aromatic N) is 3. The van der Waals surface area contributed by atoms with Gasteiger partial charge in [0.15, 0.2) is 5.78 Å². The first-order valence-corrected chi connectivity index (χ1v) is 8.09. The summed E-state index contributed by atoms with van der Waals surface area (Å²) in [5.74, 6) is 0.732. The van der Waals surface area contributed by atoms with Crippen molar-refractivity contribution in [3.8, 4) is 11.5 Å². The molecule has 6 heteroatoms. The predicted molar refractivity (Wildman–Crippen MR) is 88.5 cm³/mol. The van der Waals surface area contributed by atoms with Crippen molar-refractivity contribution in [3.63, 3.8) is 0 Å². The molecule has 0 spiro atoms. The van der Waals surface area contributed by atoms with E-state index >= 15 is 0 Å². The van der Waals surface area contributed by atoms with Crippen molar-refractivity contribution >= 4 is 17.5 Å². The van der Waals surface area contributed by atoms with Gasteiger partial charge in [0.2, 0.25) is 5.89 Å². The van der Waals surface area contributed by atoms with Gasteiger partial charge in [0, 0.05) is 23.5 Å². The standard InChI is InChI=1S/C17H15N3O2S/c1-11-3-4-14(9-12(11)2)15(21)10-23-17-20-19-16(22-17)13-5-7-18-8-6-13/h3-9H,10H2,1-2H3. The van der Waals surface area contributed by atoms with Gasteiger partial charge in [-0.2, -0.15) is 0 Å². The van der Waals surface area contributed by atoms with Crippen molar-refractivity contribution in [1.29, 1.82) is 0 Å². The topological polar surface area (TPSA) is 68.9 Å². The van der Waals surface area contributed by atoms with Gasteiger partial charge in [-0.25, -0.2) is 0 Å². The normalized spacial score (nSPS) is 10.7. The number of hydrogen-bond acceptors (Lipinski definition) is 6. The zero-order valence-corrected chi connectivity index (χ0v) is 13.6. The van der Waals surface area contributed by atoms with E-state index in [4.69, 9.17) is 4.42 Å². The van der Waals surface area contributed by atoms with Gasteiger partial charge < -0.3 is 4.42 Å². The van der Waals surface area contributed by atoms with E-state index in [2.05, 4.69) is 15.2 Å². The average Bonchev–Trinajstić information content (AvgIpc) is 3.05. The summed E-state index contributed by atoms with van der Waals surface area (Å²) in [6.45, 7) is 4.02. The van der Waals surface area contributed by atoms with Crippen LogP contribution in [0.3, 0.4) is 0 Å². The van der Waals surface area contributed by atoms with E-state index in [-0.39, 0.29) is 11.5 Å². The molecule has 3 rings (SSSR count). The van der Waals surface area contributed by atoms with Gasteiger partial charge in [0.1, 0.15) is 0 Å². The molecule has 0 fully saturated rings. The van der Waals surface area contributed by atoms with E-state index in [9.17, 15) is 4.79 Å². The highest BCUT2D eigenvalue weighted by Gasteiger charge is 2.12. The van der Waals surface area contributed by atoms with Crippen molar-refractivity contribution < 1.29 is 9.21 Å². The first kappa shape index (κ1) is 15.4. The largest absolute Gasteiger partial charge is 0.411 e. The third-order valence-corrected chi connectivity index (χ3v) is 4.31. The second kappa shape index (κ2) is 6.75. The Balaban J connectivity index is 1.65. The molecule has 2 aromatic heterocycles. The molecule has 0 unspecified atom stereocenters. The van der Waals surface area contributed by atoms with Crippen LogP contribution < -0.4 is 0 Å². The van der Waals surface area contributed by atoms with E-state index in [0.29, 0.717) is 16.7 Å². The average molecular weight is 325 g/mol. The Bertz CT molecular complexity index is 831. The number of aromatic nitrogens is 3. The van der Waals surface area contributed by atoms with Crippen LogP contribution in [0.5, 0.6) is 0 Å². The number of thioether (sulfide) groups is 1. The smallest absolute Gasteiger partial charge is 0.277 e. The lowest BCUT2D eigenvalue weighted by Gasteiger charge is -2.03. The molecule has 0 radical (unpaired) electrons. The fourth-order valence-electron chi connectivity index (χ4n) is 2.00. The molecule has 116 valence electrons. The molecule has 5 nitrogen and oxygen atoms in total. The summed E-state index contributed by atoms with van der Waals surface area (Å²) in [7, 11) is 0. The maximum absolute atomic E-state index is 12.2. The van der Waals surface area contributed by atoms with Gasteiger partial charge >= 0.3 is 0 Å². The molecular formula is C17H15N3O2S. The number of hydrogen-bond donors (Lipinski definition) is 0. The molecule has 0 aliphatic rings. The van der Waals surface area contributed by atoms with Crippen molar-refractivity contribution in [3.05, 3.63) is 59.4 Å². The molecule has 0 aliphatic heterocycles. The number of carbonyl (C=O) groups excluding carboxylic acids is 1. The molecule has 1 aromatic carbocycles. The molecule has 0 amide bonds. The highest BCUT2D eigenvalue weighted by Crippen LogP contribution is 2.23. The molecule has 0 N–H and O–H groups in total. The van der Waals surface area contributed by atoms with Gasteiger partial charge in [0.05, 0.1) is 5.75 Å². The molecule has 0 bridgehead atoms. The molecule has 0 atom stereocenters. The van der Waals surface area contributed by atoms with Crippen LogP contribution in [0.1, 0.15) is 21.5 Å². The van der Waals surface area contributed by atoms with Crippen LogP contribution in [0.25, 0.3) is 11.5 Å². The Morgan fingerprint density at radius 1 is 1.09 bits per heavy atom. The Morgan fingerprint density at radius 3 is 2.61 bits per heavy atom. The van der Waals surface area contributed by atoms with E-state index in [1.54, 1.807) is 24.5 Å². The number of ketones is 1. The third kappa shape index (κ3) is 3.65. The van der Waals surface area contributed by atoms with Gasteiger partial charge in [-0.15, -0.1) is 10.2 Å². The number of pyridine rings is 1. The quantitative estimate of drug-likeness (QED) is 0.526. The summed E-state index contributed by atoms with van der Waals surface area (Å²) in [4.78, 5) is 16.2. The van der Waals surface area contributed by atoms with Gasteiger partial charge in [0.25, 0.3) is 5.22 Å². The Hall–Kier alpha value is -2.47. The predicted octanol–water partition coefficient (Wildman–Crippen LogP) is 3.72. The van der Waals surface area contributed by atoms with Crippen LogP contribution in [0.2, 0.25) is 0 Å². The van der Waals surface area contributed by atoms with Crippen LogP contribution in [0.4, 0.5) is 0 Å². The summed E-state index contributed by atoms with van der Waals surface area (Å²) in [6, 6.07) is 9.31. The molecule has 3 aromatic rings. The monoisotopic (exact) mass is 325 g/mol. The van der Waals surface area contributed by atoms with E-state index < -0.39 is 0 Å². The van der Waals surface area contributed by atoms with Crippen molar-refractivity contribution in [1.82, 2.24) is 15.2 Å². The zero-order chi connectivity index (χ0) is 16.2. The van der Waals surface area contributed by atoms with Crippen LogP contribution in [0.15, 0.2) is 52.4 Å². The molecule has 0 saturated carbocycles. The number of benzene rings is 1. The van der Waals surface area contributed by atoms with Crippen molar-refractivity contribution in [2.45, 2.75) is 19.1 Å². The van der Waals surface area contributed by atoms with Crippen LogP contribution in [0, 0.1) is 13.8 Å². The Kier molecular flexibility index (Phi) is 4.52. The number of carbonyl (C=O) groups is 1. The minimum atomic E-state index is 0.0433. The number of aryl methyl sites for hydroxylation is 2. The fraction of sp³-hybridized carbons (Fsp3) is 0.176. The summed E-state index contributed by atoms with van der Waals surface area (Å²) >= 11 is 1.24. The molecule has 23 heavy (non-hydrogen) atoms. The molecule has 2 heterocycles. The fourth-order valence-corrected chi connectivity index (χ4v) is 2.66. The lowest BCUT2D eigenvalue weighted by molar-refractivity contribution is 0.102. The SMILES string of the molecule is Cc1ccc(C(=O)CSc2nnc(-c3ccncc3)o2)cc1C. The first-order chi connectivity index (χ1) is 11.1. The second-order valence-corrected chi connectivity index (χ2v) is 6.05. The van der Waals surface area contributed by atoms with Gasteiger partial charge in [-0.05, 0) is 43.2 Å². The van der Waals surface area contributed by atoms with Crippen molar-refractivity contribution in [2.24, 2.45) is 0 Å². The zero-order valence-electron chi connectivity index (χ0n) is 12.8. The Morgan fingerprint density at radius 2 is 1.87 bits per heavy atom. The Labute approximate surface area is 138 Å². The molecule has 0 aliphatic carbocycles. The van der Waals surface area contributed by atoms with Crippen molar-refractivity contribution in [2.75, 3.05) is 5.75 Å². The van der Waals surface area contributed by atoms with Crippen LogP contribution >= 0.6 is 11.8 Å². The highest BCUT2D eigenvalue weighted by atomic mass is 32.2. The summed E-state index contributed by atoms with van der Waals surface area (Å²) in [5, 5.41) is 8.33. The van der Waals surface area contributed by atoms with Crippen LogP contribution in [-0.2, 0) is 0 Å². The summed E-state index contributed by atoms with van der Waals surface area (Å²) < 4.78 is 5.56. The molecule has 0 saturated heterocycles. The lowest BCUT2D eigenvalue weighted by Crippen LogP contribution is -2.03. The maximum Gasteiger partial charge on any atom is 0.277 e. The minimum Gasteiger partial charge on any atom is -0.411 e. The van der Waals surface area contributed by atoms with E-state index in [1.807, 2.05) is 32.0 Å². The lowest BCUT2D eigenvalue weighted by atomic mass is 10.0. The second-order valence-electron chi connectivity index (χ2n) is 5.12. The third-order valence-electron chi connectivity index (χ3n) is 3.49. The minimum absolute atomic E-state index is 0.0433. The molecular weight excluding hydrogens is 310 g/mol. The number of Topliss-reactive ketones (excluding diaryl/α,β-unsaturated/α-hetero) is 1. The number of rotatable bonds is 5. The van der Waals surface area contributed by atoms with Gasteiger partial charge in [-0.1, -0.05) is 23.9 Å². The van der Waals surface area contributed by atoms with Crippen LogP contribution in [-0.4, -0.2) is 26.7 Å².